The Labute approximate surface area is 130 Å². The van der Waals surface area contributed by atoms with Gasteiger partial charge >= 0.3 is 0 Å². The predicted octanol–water partition coefficient (Wildman–Crippen LogP) is 1.60. The van der Waals surface area contributed by atoms with Crippen LogP contribution in [0.3, 0.4) is 0 Å². The quantitative estimate of drug-likeness (QED) is 0.658. The zero-order chi connectivity index (χ0) is 16.9. The molecule has 0 unspecified atom stereocenters. The Morgan fingerprint density at radius 1 is 0.826 bits per heavy atom. The van der Waals surface area contributed by atoms with Gasteiger partial charge in [0.15, 0.2) is 34.6 Å². The first-order valence-corrected chi connectivity index (χ1v) is 6.54. The van der Waals surface area contributed by atoms with Crippen molar-refractivity contribution in [1.29, 1.82) is 0 Å². The van der Waals surface area contributed by atoms with Gasteiger partial charge in [0.05, 0.1) is 25.3 Å². The highest BCUT2D eigenvalue weighted by molar-refractivity contribution is 6.30. The van der Waals surface area contributed by atoms with Crippen LogP contribution in [0.1, 0.15) is 31.8 Å². The lowest BCUT2D eigenvalue weighted by Crippen LogP contribution is -2.21. The minimum absolute atomic E-state index is 0.0373. The smallest absolute Gasteiger partial charge is 0.203 e. The number of carbonyl (C=O) groups excluding carboxylic acids is 2. The zero-order valence-corrected chi connectivity index (χ0v) is 12.2. The van der Waals surface area contributed by atoms with Crippen LogP contribution in [0, 0.1) is 0 Å². The summed E-state index contributed by atoms with van der Waals surface area (Å²) in [5.41, 5.74) is -0.793. The summed E-state index contributed by atoms with van der Waals surface area (Å²) in [5.74, 6) is -3.22. The van der Waals surface area contributed by atoms with E-state index in [1.807, 2.05) is 0 Å². The summed E-state index contributed by atoms with van der Waals surface area (Å²) in [6, 6.07) is 3.70. The molecule has 0 atom stereocenters. The molecule has 1 aliphatic rings. The molecule has 3 rings (SSSR count). The molecule has 0 heterocycles. The second-order valence-corrected chi connectivity index (χ2v) is 4.90. The van der Waals surface area contributed by atoms with E-state index >= 15 is 0 Å². The standard InChI is InChI=1S/C16H12O7/c1-22-9-4-3-6-10(14(9)20)13(19)7-5-8(17)16(23-2)15(21)11(7)12(6)18/h3-5,17,20-21H,1-2H3. The molecular weight excluding hydrogens is 304 g/mol. The van der Waals surface area contributed by atoms with E-state index in [0.29, 0.717) is 0 Å². The van der Waals surface area contributed by atoms with Crippen molar-refractivity contribution in [2.45, 2.75) is 0 Å². The molecule has 0 fully saturated rings. The monoisotopic (exact) mass is 316 g/mol. The Morgan fingerprint density at radius 2 is 1.43 bits per heavy atom. The lowest BCUT2D eigenvalue weighted by Gasteiger charge is -2.21. The molecule has 7 nitrogen and oxygen atoms in total. The van der Waals surface area contributed by atoms with Gasteiger partial charge in [-0.1, -0.05) is 0 Å². The molecule has 2 aromatic carbocycles. The van der Waals surface area contributed by atoms with Crippen LogP contribution in [0.25, 0.3) is 0 Å². The van der Waals surface area contributed by atoms with Gasteiger partial charge in [-0.05, 0) is 18.2 Å². The summed E-state index contributed by atoms with van der Waals surface area (Å²) in [7, 11) is 2.52. The van der Waals surface area contributed by atoms with E-state index in [4.69, 9.17) is 9.47 Å². The average molecular weight is 316 g/mol. The first-order valence-electron chi connectivity index (χ1n) is 6.54. The molecule has 0 saturated carbocycles. The van der Waals surface area contributed by atoms with Gasteiger partial charge in [-0.2, -0.15) is 0 Å². The molecule has 3 N–H and O–H groups in total. The normalized spacial score (nSPS) is 12.6. The highest BCUT2D eigenvalue weighted by atomic mass is 16.5. The number of ether oxygens (including phenoxy) is 2. The molecule has 2 aromatic rings. The fourth-order valence-corrected chi connectivity index (χ4v) is 2.67. The molecule has 1 aliphatic carbocycles. The van der Waals surface area contributed by atoms with Crippen molar-refractivity contribution in [3.05, 3.63) is 40.5 Å². The molecule has 0 radical (unpaired) electrons. The summed E-state index contributed by atoms with van der Waals surface area (Å²) in [6.07, 6.45) is 0. The predicted molar refractivity (Wildman–Crippen MR) is 77.8 cm³/mol. The summed E-state index contributed by atoms with van der Waals surface area (Å²) >= 11 is 0. The van der Waals surface area contributed by atoms with Crippen LogP contribution in [-0.2, 0) is 0 Å². The van der Waals surface area contributed by atoms with Gasteiger partial charge in [0.25, 0.3) is 0 Å². The number of fused-ring (bicyclic) bond motifs is 2. The molecule has 23 heavy (non-hydrogen) atoms. The van der Waals surface area contributed by atoms with E-state index in [0.717, 1.165) is 6.07 Å². The number of aromatic hydroxyl groups is 3. The molecule has 0 bridgehead atoms. The molecule has 0 aliphatic heterocycles. The summed E-state index contributed by atoms with van der Waals surface area (Å²) in [4.78, 5) is 25.2. The minimum Gasteiger partial charge on any atom is -0.504 e. The molecule has 0 spiro atoms. The van der Waals surface area contributed by atoms with Crippen LogP contribution in [0.5, 0.6) is 28.7 Å². The van der Waals surface area contributed by atoms with Crippen molar-refractivity contribution in [3.8, 4) is 28.7 Å². The van der Waals surface area contributed by atoms with Gasteiger partial charge < -0.3 is 24.8 Å². The number of benzene rings is 2. The van der Waals surface area contributed by atoms with E-state index in [1.54, 1.807) is 0 Å². The van der Waals surface area contributed by atoms with Crippen molar-refractivity contribution in [2.24, 2.45) is 0 Å². The third-order valence-electron chi connectivity index (χ3n) is 3.74. The highest BCUT2D eigenvalue weighted by Gasteiger charge is 2.37. The number of ketones is 2. The van der Waals surface area contributed by atoms with E-state index < -0.39 is 28.8 Å². The zero-order valence-electron chi connectivity index (χ0n) is 12.2. The van der Waals surface area contributed by atoms with E-state index in [1.165, 1.54) is 26.4 Å². The van der Waals surface area contributed by atoms with E-state index in [-0.39, 0.29) is 33.8 Å². The largest absolute Gasteiger partial charge is 0.504 e. The van der Waals surface area contributed by atoms with Crippen LogP contribution in [0.2, 0.25) is 0 Å². The third-order valence-corrected chi connectivity index (χ3v) is 3.74. The van der Waals surface area contributed by atoms with Crippen molar-refractivity contribution < 1.29 is 34.4 Å². The summed E-state index contributed by atoms with van der Waals surface area (Å²) in [5, 5.41) is 30.1. The van der Waals surface area contributed by atoms with E-state index in [9.17, 15) is 24.9 Å². The molecule has 0 amide bonds. The summed E-state index contributed by atoms with van der Waals surface area (Å²) in [6.45, 7) is 0. The maximum Gasteiger partial charge on any atom is 0.203 e. The number of hydrogen-bond acceptors (Lipinski definition) is 7. The molecule has 118 valence electrons. The highest BCUT2D eigenvalue weighted by Crippen LogP contribution is 2.46. The number of phenols is 3. The molecule has 0 aromatic heterocycles. The molecule has 0 saturated heterocycles. The first kappa shape index (κ1) is 14.7. The van der Waals surface area contributed by atoms with Crippen LogP contribution >= 0.6 is 0 Å². The Balaban J connectivity index is 2.36. The Kier molecular flexibility index (Phi) is 3.14. The lowest BCUT2D eigenvalue weighted by atomic mass is 9.82. The van der Waals surface area contributed by atoms with Crippen LogP contribution in [0.15, 0.2) is 18.2 Å². The van der Waals surface area contributed by atoms with Gasteiger partial charge in [0, 0.05) is 11.1 Å². The Hall–Kier alpha value is -3.22. The summed E-state index contributed by atoms with van der Waals surface area (Å²) < 4.78 is 9.77. The van der Waals surface area contributed by atoms with Crippen molar-refractivity contribution in [2.75, 3.05) is 14.2 Å². The maximum atomic E-state index is 12.6. The van der Waals surface area contributed by atoms with Gasteiger partial charge in [-0.25, -0.2) is 0 Å². The minimum atomic E-state index is -0.709. The maximum absolute atomic E-state index is 12.6. The SMILES string of the molecule is COc1ccc2c(c1O)C(=O)c1cc(O)c(OC)c(O)c1C2=O. The molecular formula is C16H12O7. The van der Waals surface area contributed by atoms with Crippen molar-refractivity contribution in [3.63, 3.8) is 0 Å². The van der Waals surface area contributed by atoms with Crippen molar-refractivity contribution in [1.82, 2.24) is 0 Å². The number of methoxy groups -OCH3 is 2. The third kappa shape index (κ3) is 1.83. The second kappa shape index (κ2) is 4.91. The number of carbonyl (C=O) groups is 2. The van der Waals surface area contributed by atoms with Crippen molar-refractivity contribution >= 4 is 11.6 Å². The fraction of sp³-hybridized carbons (Fsp3) is 0.125. The molecule has 7 heteroatoms. The van der Waals surface area contributed by atoms with Gasteiger partial charge in [0.1, 0.15) is 0 Å². The lowest BCUT2D eigenvalue weighted by molar-refractivity contribution is 0.0972. The Bertz CT molecular complexity index is 867. The van der Waals surface area contributed by atoms with Crippen LogP contribution < -0.4 is 9.47 Å². The number of phenolic OH excluding ortho intramolecular Hbond substituents is 3. The van der Waals surface area contributed by atoms with Crippen LogP contribution in [-0.4, -0.2) is 41.1 Å². The first-order chi connectivity index (χ1) is 10.9. The second-order valence-electron chi connectivity index (χ2n) is 4.90. The van der Waals surface area contributed by atoms with Crippen LogP contribution in [0.4, 0.5) is 0 Å². The fourth-order valence-electron chi connectivity index (χ4n) is 2.67. The number of rotatable bonds is 2. The average Bonchev–Trinajstić information content (AvgIpc) is 2.52. The topological polar surface area (TPSA) is 113 Å². The van der Waals surface area contributed by atoms with E-state index in [2.05, 4.69) is 0 Å². The Morgan fingerprint density at radius 3 is 2.04 bits per heavy atom. The van der Waals surface area contributed by atoms with Gasteiger partial charge in [-0.3, -0.25) is 9.59 Å². The number of hydrogen-bond donors (Lipinski definition) is 3. The van der Waals surface area contributed by atoms with Gasteiger partial charge in [-0.15, -0.1) is 0 Å². The van der Waals surface area contributed by atoms with Gasteiger partial charge in [0.2, 0.25) is 5.75 Å².